The fourth-order valence-electron chi connectivity index (χ4n) is 4.07. The Morgan fingerprint density at radius 1 is 0.333 bits per heavy atom. The van der Waals surface area contributed by atoms with E-state index < -0.39 is 0 Å². The molecular formula is C26H55P. The van der Waals surface area contributed by atoms with Crippen LogP contribution in [0.3, 0.4) is 0 Å². The Morgan fingerprint density at radius 3 is 0.852 bits per heavy atom. The molecule has 0 radical (unpaired) electrons. The predicted octanol–water partition coefficient (Wildman–Crippen LogP) is 10.3. The van der Waals surface area contributed by atoms with E-state index in [1.807, 2.05) is 0 Å². The summed E-state index contributed by atoms with van der Waals surface area (Å²) in [5.74, 6) is 0. The first-order chi connectivity index (χ1) is 13.3. The van der Waals surface area contributed by atoms with Crippen molar-refractivity contribution >= 4 is 7.92 Å². The third-order valence-electron chi connectivity index (χ3n) is 6.10. The standard InChI is InChI=1S/C26H55P/c1-4-7-9-11-13-15-17-19-21-23-25-27(6-3)26-24-22-20-18-16-14-12-10-8-5-2/h4-26H2,1-3H3. The number of hydrogen-bond acceptors (Lipinski definition) is 0. The van der Waals surface area contributed by atoms with Crippen molar-refractivity contribution in [3.63, 3.8) is 0 Å². The van der Waals surface area contributed by atoms with Crippen LogP contribution in [0.25, 0.3) is 0 Å². The Kier molecular flexibility index (Phi) is 24.9. The molecule has 164 valence electrons. The summed E-state index contributed by atoms with van der Waals surface area (Å²) in [6.45, 7) is 7.06. The molecule has 0 unspecified atom stereocenters. The maximum Gasteiger partial charge on any atom is -0.0326 e. The minimum atomic E-state index is 0.372. The zero-order chi connectivity index (χ0) is 19.8. The average Bonchev–Trinajstić information content (AvgIpc) is 2.69. The summed E-state index contributed by atoms with van der Waals surface area (Å²) in [6.07, 6.45) is 34.1. The molecule has 0 amide bonds. The lowest BCUT2D eigenvalue weighted by Gasteiger charge is -2.15. The van der Waals surface area contributed by atoms with Crippen molar-refractivity contribution in [2.75, 3.05) is 18.5 Å². The molecule has 0 N–H and O–H groups in total. The minimum Gasteiger partial charge on any atom is -0.107 e. The Balaban J connectivity index is 3.28. The molecule has 0 aromatic rings. The Bertz CT molecular complexity index is 227. The first-order valence-corrected chi connectivity index (χ1v) is 15.0. The van der Waals surface area contributed by atoms with Crippen LogP contribution in [0, 0.1) is 0 Å². The summed E-state index contributed by atoms with van der Waals surface area (Å²) in [5.41, 5.74) is 0. The number of rotatable bonds is 23. The lowest BCUT2D eigenvalue weighted by molar-refractivity contribution is 0.561. The van der Waals surface area contributed by atoms with E-state index in [1.165, 1.54) is 135 Å². The van der Waals surface area contributed by atoms with Crippen molar-refractivity contribution in [3.8, 4) is 0 Å². The van der Waals surface area contributed by atoms with Gasteiger partial charge in [-0.2, -0.15) is 0 Å². The molecule has 0 aromatic carbocycles. The normalized spacial score (nSPS) is 11.6. The van der Waals surface area contributed by atoms with Crippen molar-refractivity contribution in [2.24, 2.45) is 0 Å². The monoisotopic (exact) mass is 398 g/mol. The molecule has 0 atom stereocenters. The summed E-state index contributed by atoms with van der Waals surface area (Å²) in [6, 6.07) is 0. The van der Waals surface area contributed by atoms with Gasteiger partial charge in [0.05, 0.1) is 0 Å². The Hall–Kier alpha value is 0.430. The molecule has 0 nitrogen and oxygen atoms in total. The van der Waals surface area contributed by atoms with Crippen LogP contribution in [-0.4, -0.2) is 18.5 Å². The van der Waals surface area contributed by atoms with Gasteiger partial charge < -0.3 is 0 Å². The molecule has 0 bridgehead atoms. The van der Waals surface area contributed by atoms with Crippen LogP contribution >= 0.6 is 7.92 Å². The minimum absolute atomic E-state index is 0.372. The van der Waals surface area contributed by atoms with Gasteiger partial charge in [-0.3, -0.25) is 0 Å². The zero-order valence-electron chi connectivity index (χ0n) is 19.7. The van der Waals surface area contributed by atoms with E-state index in [0.717, 1.165) is 0 Å². The quantitative estimate of drug-likeness (QED) is 0.119. The van der Waals surface area contributed by atoms with E-state index in [0.29, 0.717) is 7.92 Å². The van der Waals surface area contributed by atoms with E-state index in [-0.39, 0.29) is 0 Å². The van der Waals surface area contributed by atoms with Gasteiger partial charge in [-0.15, -0.1) is 7.92 Å². The second kappa shape index (κ2) is 24.5. The summed E-state index contributed by atoms with van der Waals surface area (Å²) in [4.78, 5) is 0. The van der Waals surface area contributed by atoms with Crippen LogP contribution in [-0.2, 0) is 0 Å². The lowest BCUT2D eigenvalue weighted by Crippen LogP contribution is -1.94. The lowest BCUT2D eigenvalue weighted by atomic mass is 10.1. The zero-order valence-corrected chi connectivity index (χ0v) is 20.6. The maximum absolute atomic E-state index is 2.44. The summed E-state index contributed by atoms with van der Waals surface area (Å²) >= 11 is 0. The fraction of sp³-hybridized carbons (Fsp3) is 1.00. The first-order valence-electron chi connectivity index (χ1n) is 13.1. The van der Waals surface area contributed by atoms with Crippen LogP contribution in [0.1, 0.15) is 149 Å². The highest BCUT2D eigenvalue weighted by molar-refractivity contribution is 7.57. The molecular weight excluding hydrogens is 343 g/mol. The van der Waals surface area contributed by atoms with Crippen molar-refractivity contribution in [1.82, 2.24) is 0 Å². The van der Waals surface area contributed by atoms with Gasteiger partial charge in [-0.1, -0.05) is 136 Å². The molecule has 1 heteroatoms. The molecule has 0 aliphatic heterocycles. The highest BCUT2D eigenvalue weighted by Crippen LogP contribution is 2.37. The molecule has 0 fully saturated rings. The van der Waals surface area contributed by atoms with E-state index in [1.54, 1.807) is 12.3 Å². The maximum atomic E-state index is 2.44. The van der Waals surface area contributed by atoms with Gasteiger partial charge in [0.1, 0.15) is 0 Å². The number of hydrogen-bond donors (Lipinski definition) is 0. The molecule has 0 aromatic heterocycles. The number of unbranched alkanes of at least 4 members (excludes halogenated alkanes) is 18. The molecule has 0 rings (SSSR count). The third kappa shape index (κ3) is 22.6. The summed E-state index contributed by atoms with van der Waals surface area (Å²) in [7, 11) is 0.372. The van der Waals surface area contributed by atoms with Crippen molar-refractivity contribution in [2.45, 2.75) is 149 Å². The third-order valence-corrected chi connectivity index (χ3v) is 8.89. The molecule has 0 saturated heterocycles. The topological polar surface area (TPSA) is 0 Å². The van der Waals surface area contributed by atoms with Crippen molar-refractivity contribution in [1.29, 1.82) is 0 Å². The molecule has 0 aliphatic rings. The second-order valence-corrected chi connectivity index (χ2v) is 11.7. The van der Waals surface area contributed by atoms with Gasteiger partial charge in [0.15, 0.2) is 0 Å². The van der Waals surface area contributed by atoms with Crippen molar-refractivity contribution in [3.05, 3.63) is 0 Å². The van der Waals surface area contributed by atoms with E-state index in [9.17, 15) is 0 Å². The van der Waals surface area contributed by atoms with Gasteiger partial charge >= 0.3 is 0 Å². The Labute approximate surface area is 175 Å². The predicted molar refractivity (Wildman–Crippen MR) is 131 cm³/mol. The molecule has 0 aliphatic carbocycles. The van der Waals surface area contributed by atoms with Crippen molar-refractivity contribution < 1.29 is 0 Å². The van der Waals surface area contributed by atoms with E-state index in [2.05, 4.69) is 20.8 Å². The molecule has 0 spiro atoms. The largest absolute Gasteiger partial charge is 0.107 e. The van der Waals surface area contributed by atoms with Gasteiger partial charge in [0.2, 0.25) is 0 Å². The van der Waals surface area contributed by atoms with Gasteiger partial charge in [0.25, 0.3) is 0 Å². The summed E-state index contributed by atoms with van der Waals surface area (Å²) < 4.78 is 0. The Morgan fingerprint density at radius 2 is 0.593 bits per heavy atom. The van der Waals surface area contributed by atoms with Crippen LogP contribution in [0.4, 0.5) is 0 Å². The SMILES string of the molecule is CCCCCCCCCCCCP(CC)CCCCCCCCCCCC. The smallest absolute Gasteiger partial charge is 0.0326 e. The molecule has 27 heavy (non-hydrogen) atoms. The average molecular weight is 399 g/mol. The highest BCUT2D eigenvalue weighted by Gasteiger charge is 2.05. The van der Waals surface area contributed by atoms with Crippen LogP contribution in [0.2, 0.25) is 0 Å². The van der Waals surface area contributed by atoms with Crippen LogP contribution < -0.4 is 0 Å². The highest BCUT2D eigenvalue weighted by atomic mass is 31.1. The fourth-order valence-corrected chi connectivity index (χ4v) is 6.27. The van der Waals surface area contributed by atoms with Gasteiger partial charge in [-0.25, -0.2) is 0 Å². The second-order valence-electron chi connectivity index (χ2n) is 8.80. The van der Waals surface area contributed by atoms with E-state index >= 15 is 0 Å². The van der Waals surface area contributed by atoms with Crippen LogP contribution in [0.15, 0.2) is 0 Å². The molecule has 0 heterocycles. The first kappa shape index (κ1) is 27.4. The van der Waals surface area contributed by atoms with Gasteiger partial charge in [-0.05, 0) is 31.3 Å². The molecule has 0 saturated carbocycles. The van der Waals surface area contributed by atoms with E-state index in [4.69, 9.17) is 0 Å². The van der Waals surface area contributed by atoms with Crippen LogP contribution in [0.5, 0.6) is 0 Å². The summed E-state index contributed by atoms with van der Waals surface area (Å²) in [5, 5.41) is 0. The van der Waals surface area contributed by atoms with Gasteiger partial charge in [0, 0.05) is 0 Å².